The van der Waals surface area contributed by atoms with Crippen LogP contribution >= 0.6 is 11.3 Å². The summed E-state index contributed by atoms with van der Waals surface area (Å²) < 4.78 is 13.1. The minimum atomic E-state index is 0.239. The van der Waals surface area contributed by atoms with E-state index in [-0.39, 0.29) is 5.92 Å². The Bertz CT molecular complexity index is 1190. The minimum absolute atomic E-state index is 0.239. The van der Waals surface area contributed by atoms with Gasteiger partial charge in [-0.25, -0.2) is 4.98 Å². The van der Waals surface area contributed by atoms with Gasteiger partial charge in [0.15, 0.2) is 0 Å². The molecule has 0 radical (unpaired) electrons. The van der Waals surface area contributed by atoms with Crippen LogP contribution in [0.4, 0.5) is 0 Å². The first-order valence-electron chi connectivity index (χ1n) is 10.1. The number of nitrogens with two attached hydrogens (primary N) is 1. The average Bonchev–Trinajstić information content (AvgIpc) is 3.22. The smallest absolute Gasteiger partial charge is 0.147 e. The van der Waals surface area contributed by atoms with Crippen LogP contribution in [0.3, 0.4) is 0 Å². The normalized spacial score (nSPS) is 15.6. The second-order valence-corrected chi connectivity index (χ2v) is 8.63. The lowest BCUT2D eigenvalue weighted by molar-refractivity contribution is 0.262. The standard InChI is InChI=1S/C24H23N3O2S/c1-15-2-3-20-18(10-15)11-19(14-29-20)24-27-23-21(28-9-6-25)12-17(13-22(23)30-24)16-4-7-26-8-5-16/h2-5,7-8,10,12-13,19H,6,9,11,14,25H2,1H3. The summed E-state index contributed by atoms with van der Waals surface area (Å²) in [7, 11) is 0. The molecule has 0 saturated carbocycles. The van der Waals surface area contributed by atoms with Gasteiger partial charge >= 0.3 is 0 Å². The van der Waals surface area contributed by atoms with E-state index in [1.807, 2.05) is 18.2 Å². The molecule has 2 aromatic heterocycles. The number of aryl methyl sites for hydroxylation is 1. The number of fused-ring (bicyclic) bond motifs is 2. The zero-order valence-corrected chi connectivity index (χ0v) is 17.6. The van der Waals surface area contributed by atoms with Crippen molar-refractivity contribution in [1.29, 1.82) is 0 Å². The molecule has 5 rings (SSSR count). The number of thiazole rings is 1. The van der Waals surface area contributed by atoms with Gasteiger partial charge in [0.05, 0.1) is 11.3 Å². The molecule has 0 aliphatic carbocycles. The van der Waals surface area contributed by atoms with Gasteiger partial charge in [-0.1, -0.05) is 17.7 Å². The van der Waals surface area contributed by atoms with Gasteiger partial charge in [-0.3, -0.25) is 4.98 Å². The number of benzene rings is 2. The number of ether oxygens (including phenoxy) is 2. The molecule has 0 spiro atoms. The Hall–Kier alpha value is -2.96. The third-order valence-electron chi connectivity index (χ3n) is 5.34. The van der Waals surface area contributed by atoms with E-state index in [2.05, 4.69) is 36.2 Å². The first-order valence-corrected chi connectivity index (χ1v) is 10.9. The van der Waals surface area contributed by atoms with Crippen LogP contribution in [-0.2, 0) is 6.42 Å². The van der Waals surface area contributed by atoms with E-state index in [0.29, 0.717) is 19.8 Å². The van der Waals surface area contributed by atoms with Crippen molar-refractivity contribution in [3.63, 3.8) is 0 Å². The highest BCUT2D eigenvalue weighted by Crippen LogP contribution is 2.40. The van der Waals surface area contributed by atoms with E-state index in [1.165, 1.54) is 11.1 Å². The van der Waals surface area contributed by atoms with Gasteiger partial charge in [0.25, 0.3) is 0 Å². The molecule has 2 N–H and O–H groups in total. The molecule has 4 aromatic rings. The van der Waals surface area contributed by atoms with E-state index in [1.54, 1.807) is 23.7 Å². The molecule has 2 aromatic carbocycles. The predicted molar refractivity (Wildman–Crippen MR) is 121 cm³/mol. The summed E-state index contributed by atoms with van der Waals surface area (Å²) in [5, 5.41) is 1.08. The lowest BCUT2D eigenvalue weighted by Crippen LogP contribution is -2.19. The number of pyridine rings is 1. The van der Waals surface area contributed by atoms with Crippen molar-refractivity contribution >= 4 is 21.6 Å². The summed E-state index contributed by atoms with van der Waals surface area (Å²) in [6.07, 6.45) is 4.54. The highest BCUT2D eigenvalue weighted by Gasteiger charge is 2.25. The maximum atomic E-state index is 6.04. The third kappa shape index (κ3) is 3.64. The maximum absolute atomic E-state index is 6.04. The van der Waals surface area contributed by atoms with E-state index in [4.69, 9.17) is 20.2 Å². The van der Waals surface area contributed by atoms with Crippen LogP contribution in [0, 0.1) is 6.92 Å². The fourth-order valence-electron chi connectivity index (χ4n) is 3.86. The summed E-state index contributed by atoms with van der Waals surface area (Å²) in [5.74, 6) is 2.01. The lowest BCUT2D eigenvalue weighted by atomic mass is 9.96. The van der Waals surface area contributed by atoms with Crippen LogP contribution in [0.1, 0.15) is 22.1 Å². The first-order chi connectivity index (χ1) is 14.7. The van der Waals surface area contributed by atoms with Crippen LogP contribution in [0.2, 0.25) is 0 Å². The summed E-state index contributed by atoms with van der Waals surface area (Å²) in [6, 6.07) is 14.6. The van der Waals surface area contributed by atoms with Crippen LogP contribution in [0.15, 0.2) is 54.9 Å². The number of hydrogen-bond acceptors (Lipinski definition) is 6. The van der Waals surface area contributed by atoms with E-state index >= 15 is 0 Å². The van der Waals surface area contributed by atoms with Gasteiger partial charge in [0.1, 0.15) is 28.6 Å². The van der Waals surface area contributed by atoms with E-state index < -0.39 is 0 Å². The Labute approximate surface area is 179 Å². The lowest BCUT2D eigenvalue weighted by Gasteiger charge is -2.24. The number of nitrogens with zero attached hydrogens (tertiary/aromatic N) is 2. The zero-order chi connectivity index (χ0) is 20.5. The highest BCUT2D eigenvalue weighted by atomic mass is 32.1. The summed E-state index contributed by atoms with van der Waals surface area (Å²) in [6.45, 7) is 3.68. The quantitative estimate of drug-likeness (QED) is 0.509. The minimum Gasteiger partial charge on any atom is -0.493 e. The van der Waals surface area contributed by atoms with Crippen molar-refractivity contribution in [1.82, 2.24) is 9.97 Å². The van der Waals surface area contributed by atoms with Gasteiger partial charge in [0.2, 0.25) is 0 Å². The number of hydrogen-bond donors (Lipinski definition) is 1. The van der Waals surface area contributed by atoms with E-state index in [9.17, 15) is 0 Å². The van der Waals surface area contributed by atoms with Crippen molar-refractivity contribution in [3.8, 4) is 22.6 Å². The second-order valence-electron chi connectivity index (χ2n) is 7.57. The molecule has 0 fully saturated rings. The van der Waals surface area contributed by atoms with Gasteiger partial charge < -0.3 is 15.2 Å². The van der Waals surface area contributed by atoms with Crippen LogP contribution in [-0.4, -0.2) is 29.7 Å². The molecule has 0 bridgehead atoms. The summed E-state index contributed by atoms with van der Waals surface area (Å²) >= 11 is 1.72. The molecule has 1 atom stereocenters. The van der Waals surface area contributed by atoms with E-state index in [0.717, 1.165) is 44.3 Å². The third-order valence-corrected chi connectivity index (χ3v) is 6.50. The second kappa shape index (κ2) is 8.05. The average molecular weight is 418 g/mol. The first kappa shape index (κ1) is 19.0. The van der Waals surface area contributed by atoms with Crippen molar-refractivity contribution in [2.75, 3.05) is 19.8 Å². The molecule has 1 aliphatic heterocycles. The van der Waals surface area contributed by atoms with Crippen LogP contribution in [0.5, 0.6) is 11.5 Å². The monoisotopic (exact) mass is 417 g/mol. The Kier molecular flexibility index (Phi) is 5.11. The molecule has 5 nitrogen and oxygen atoms in total. The van der Waals surface area contributed by atoms with Crippen LogP contribution in [0.25, 0.3) is 21.3 Å². The van der Waals surface area contributed by atoms with Crippen molar-refractivity contribution in [2.24, 2.45) is 5.73 Å². The SMILES string of the molecule is Cc1ccc2c(c1)CC(c1nc3c(OCCN)cc(-c4ccncc4)cc3s1)CO2. The summed E-state index contributed by atoms with van der Waals surface area (Å²) in [4.78, 5) is 9.10. The molecule has 0 saturated heterocycles. The maximum Gasteiger partial charge on any atom is 0.147 e. The van der Waals surface area contributed by atoms with Crippen molar-refractivity contribution in [3.05, 3.63) is 71.0 Å². The van der Waals surface area contributed by atoms with Crippen LogP contribution < -0.4 is 15.2 Å². The molecule has 3 heterocycles. The molecule has 30 heavy (non-hydrogen) atoms. The Balaban J connectivity index is 1.54. The Morgan fingerprint density at radius 2 is 2.00 bits per heavy atom. The largest absolute Gasteiger partial charge is 0.493 e. The zero-order valence-electron chi connectivity index (χ0n) is 16.8. The van der Waals surface area contributed by atoms with Gasteiger partial charge in [-0.05, 0) is 60.4 Å². The highest BCUT2D eigenvalue weighted by molar-refractivity contribution is 7.18. The molecular formula is C24H23N3O2S. The fourth-order valence-corrected chi connectivity index (χ4v) is 4.97. The molecule has 152 valence electrons. The molecule has 1 aliphatic rings. The van der Waals surface area contributed by atoms with Gasteiger partial charge in [-0.2, -0.15) is 0 Å². The molecule has 1 unspecified atom stereocenters. The Morgan fingerprint density at radius 1 is 1.13 bits per heavy atom. The summed E-state index contributed by atoms with van der Waals surface area (Å²) in [5.41, 5.74) is 11.3. The van der Waals surface area contributed by atoms with Gasteiger partial charge in [0, 0.05) is 24.9 Å². The van der Waals surface area contributed by atoms with Gasteiger partial charge in [-0.15, -0.1) is 11.3 Å². The molecule has 0 amide bonds. The van der Waals surface area contributed by atoms with Crippen molar-refractivity contribution in [2.45, 2.75) is 19.3 Å². The number of aromatic nitrogens is 2. The fraction of sp³-hybridized carbons (Fsp3) is 0.250. The predicted octanol–water partition coefficient (Wildman–Crippen LogP) is 4.72. The Morgan fingerprint density at radius 3 is 2.83 bits per heavy atom. The topological polar surface area (TPSA) is 70.3 Å². The molecule has 6 heteroatoms. The van der Waals surface area contributed by atoms with Crippen molar-refractivity contribution < 1.29 is 9.47 Å². The number of rotatable bonds is 5. The molecular weight excluding hydrogens is 394 g/mol.